The van der Waals surface area contributed by atoms with Crippen LogP contribution in [0.4, 0.5) is 0 Å². The molecule has 16 heavy (non-hydrogen) atoms. The maximum atomic E-state index is 10.6. The van der Waals surface area contributed by atoms with E-state index in [0.29, 0.717) is 12.3 Å². The number of carboxylic acids is 1. The Hall–Kier alpha value is -0.610. The molecule has 4 heteroatoms. The van der Waals surface area contributed by atoms with Gasteiger partial charge in [-0.25, -0.2) is 0 Å². The van der Waals surface area contributed by atoms with Crippen molar-refractivity contribution < 1.29 is 9.90 Å². The van der Waals surface area contributed by atoms with Gasteiger partial charge >= 0.3 is 5.97 Å². The third kappa shape index (κ3) is 1.84. The molecule has 3 aliphatic rings. The maximum Gasteiger partial charge on any atom is 0.303 e. The van der Waals surface area contributed by atoms with Crippen LogP contribution in [0.1, 0.15) is 19.3 Å². The summed E-state index contributed by atoms with van der Waals surface area (Å²) in [5.41, 5.74) is 0. The lowest BCUT2D eigenvalue weighted by atomic mass is 9.86. The molecule has 0 aromatic rings. The van der Waals surface area contributed by atoms with Crippen molar-refractivity contribution in [3.8, 4) is 0 Å². The fourth-order valence-corrected chi connectivity index (χ4v) is 3.67. The predicted octanol–water partition coefficient (Wildman–Crippen LogP) is 0.487. The minimum absolute atomic E-state index is 0.361. The number of fused-ring (bicyclic) bond motifs is 2. The summed E-state index contributed by atoms with van der Waals surface area (Å²) in [6, 6.07) is 0.754. The Kier molecular flexibility index (Phi) is 2.64. The van der Waals surface area contributed by atoms with E-state index >= 15 is 0 Å². The van der Waals surface area contributed by atoms with Crippen LogP contribution in [0.3, 0.4) is 0 Å². The summed E-state index contributed by atoms with van der Waals surface area (Å²) in [5.74, 6) is 0.636. The Bertz CT molecular complexity index is 289. The van der Waals surface area contributed by atoms with Gasteiger partial charge in [-0.05, 0) is 37.8 Å². The summed E-state index contributed by atoms with van der Waals surface area (Å²) >= 11 is 0. The lowest BCUT2D eigenvalue weighted by Gasteiger charge is -2.47. The van der Waals surface area contributed by atoms with E-state index in [1.807, 2.05) is 0 Å². The lowest BCUT2D eigenvalue weighted by Crippen LogP contribution is -2.57. The van der Waals surface area contributed by atoms with Gasteiger partial charge < -0.3 is 10.0 Å². The Labute approximate surface area is 96.2 Å². The van der Waals surface area contributed by atoms with Crippen LogP contribution in [0.5, 0.6) is 0 Å². The zero-order valence-electron chi connectivity index (χ0n) is 9.64. The lowest BCUT2D eigenvalue weighted by molar-refractivity contribution is -0.140. The van der Waals surface area contributed by atoms with E-state index in [1.54, 1.807) is 0 Å². The first-order chi connectivity index (χ1) is 7.72. The van der Waals surface area contributed by atoms with Crippen molar-refractivity contribution in [3.05, 3.63) is 0 Å². The molecule has 3 aliphatic heterocycles. The normalized spacial score (nSPS) is 39.6. The van der Waals surface area contributed by atoms with Crippen LogP contribution in [0.2, 0.25) is 0 Å². The average molecular weight is 224 g/mol. The van der Waals surface area contributed by atoms with Crippen LogP contribution in [0.15, 0.2) is 0 Å². The Morgan fingerprint density at radius 2 is 1.94 bits per heavy atom. The molecule has 3 saturated heterocycles. The summed E-state index contributed by atoms with van der Waals surface area (Å²) in [7, 11) is 0. The van der Waals surface area contributed by atoms with E-state index in [0.717, 1.165) is 25.0 Å². The molecule has 0 amide bonds. The molecule has 3 heterocycles. The second-order valence-electron chi connectivity index (χ2n) is 5.62. The number of aliphatic carboxylic acids is 1. The maximum absolute atomic E-state index is 10.6. The molecule has 0 saturated carbocycles. The smallest absolute Gasteiger partial charge is 0.303 e. The predicted molar refractivity (Wildman–Crippen MR) is 60.3 cm³/mol. The number of piperidine rings is 1. The van der Waals surface area contributed by atoms with E-state index in [-0.39, 0.29) is 0 Å². The number of rotatable bonds is 3. The number of likely N-dealkylation sites (tertiary alicyclic amines) is 1. The summed E-state index contributed by atoms with van der Waals surface area (Å²) in [6.07, 6.45) is 3.01. The van der Waals surface area contributed by atoms with Gasteiger partial charge in [0.05, 0.1) is 6.42 Å². The highest BCUT2D eigenvalue weighted by molar-refractivity contribution is 5.67. The highest BCUT2D eigenvalue weighted by atomic mass is 16.4. The molecule has 3 rings (SSSR count). The largest absolute Gasteiger partial charge is 0.481 e. The van der Waals surface area contributed by atoms with E-state index in [9.17, 15) is 4.79 Å². The Balaban J connectivity index is 1.51. The standard InChI is InChI=1S/C12H20N2O2/c15-12(16)5-9-6-14(7-9)11-2-4-13-3-1-10(11)8-13/h9-11H,1-8H2,(H,15,16). The monoisotopic (exact) mass is 224 g/mol. The number of nitrogens with zero attached hydrogens (tertiary/aromatic N) is 2. The van der Waals surface area contributed by atoms with Gasteiger partial charge in [0.15, 0.2) is 0 Å². The molecular weight excluding hydrogens is 204 g/mol. The SMILES string of the molecule is O=C(O)CC1CN(C2CCN3CCC2C3)C1. The molecule has 3 unspecified atom stereocenters. The first-order valence-corrected chi connectivity index (χ1v) is 6.40. The molecule has 2 bridgehead atoms. The average Bonchev–Trinajstić information content (AvgIpc) is 2.55. The van der Waals surface area contributed by atoms with Crippen LogP contribution in [-0.4, -0.2) is 59.6 Å². The first kappa shape index (κ1) is 10.5. The van der Waals surface area contributed by atoms with Crippen LogP contribution < -0.4 is 0 Å². The zero-order chi connectivity index (χ0) is 11.1. The van der Waals surface area contributed by atoms with Gasteiger partial charge in [-0.15, -0.1) is 0 Å². The second-order valence-corrected chi connectivity index (χ2v) is 5.62. The first-order valence-electron chi connectivity index (χ1n) is 6.40. The van der Waals surface area contributed by atoms with Crippen molar-refractivity contribution in [3.63, 3.8) is 0 Å². The van der Waals surface area contributed by atoms with Crippen molar-refractivity contribution in [2.45, 2.75) is 25.3 Å². The van der Waals surface area contributed by atoms with Crippen molar-refractivity contribution in [2.24, 2.45) is 11.8 Å². The minimum Gasteiger partial charge on any atom is -0.481 e. The molecule has 4 nitrogen and oxygen atoms in total. The van der Waals surface area contributed by atoms with Crippen LogP contribution in [0, 0.1) is 11.8 Å². The molecule has 0 aromatic heterocycles. The van der Waals surface area contributed by atoms with E-state index < -0.39 is 5.97 Å². The molecular formula is C12H20N2O2. The quantitative estimate of drug-likeness (QED) is 0.757. The minimum atomic E-state index is -0.639. The van der Waals surface area contributed by atoms with Gasteiger partial charge in [-0.1, -0.05) is 0 Å². The molecule has 90 valence electrons. The highest BCUT2D eigenvalue weighted by Gasteiger charge is 2.41. The van der Waals surface area contributed by atoms with Gasteiger partial charge in [0.1, 0.15) is 0 Å². The highest BCUT2D eigenvalue weighted by Crippen LogP contribution is 2.34. The van der Waals surface area contributed by atoms with Crippen molar-refractivity contribution >= 4 is 5.97 Å². The topological polar surface area (TPSA) is 43.8 Å². The van der Waals surface area contributed by atoms with Gasteiger partial charge in [-0.3, -0.25) is 9.69 Å². The van der Waals surface area contributed by atoms with Gasteiger partial charge in [0.2, 0.25) is 0 Å². The molecule has 3 fully saturated rings. The zero-order valence-corrected chi connectivity index (χ0v) is 9.64. The summed E-state index contributed by atoms with van der Waals surface area (Å²) in [5, 5.41) is 8.73. The third-order valence-corrected chi connectivity index (χ3v) is 4.51. The van der Waals surface area contributed by atoms with Gasteiger partial charge in [0.25, 0.3) is 0 Å². The van der Waals surface area contributed by atoms with E-state index in [2.05, 4.69) is 9.80 Å². The summed E-state index contributed by atoms with van der Waals surface area (Å²) in [4.78, 5) is 15.7. The van der Waals surface area contributed by atoms with Gasteiger partial charge in [0, 0.05) is 25.7 Å². The molecule has 3 atom stereocenters. The summed E-state index contributed by atoms with van der Waals surface area (Å²) < 4.78 is 0. The fraction of sp³-hybridized carbons (Fsp3) is 0.917. The van der Waals surface area contributed by atoms with Gasteiger partial charge in [-0.2, -0.15) is 0 Å². The number of carbonyl (C=O) groups is 1. The van der Waals surface area contributed by atoms with Crippen molar-refractivity contribution in [2.75, 3.05) is 32.7 Å². The second kappa shape index (κ2) is 4.00. The number of hydrogen-bond acceptors (Lipinski definition) is 3. The van der Waals surface area contributed by atoms with Crippen LogP contribution in [0.25, 0.3) is 0 Å². The van der Waals surface area contributed by atoms with E-state index in [1.165, 1.54) is 32.5 Å². The Morgan fingerprint density at radius 3 is 2.69 bits per heavy atom. The molecule has 0 aromatic carbocycles. The molecule has 1 N–H and O–H groups in total. The van der Waals surface area contributed by atoms with Crippen molar-refractivity contribution in [1.82, 2.24) is 9.80 Å². The third-order valence-electron chi connectivity index (χ3n) is 4.51. The fourth-order valence-electron chi connectivity index (χ4n) is 3.67. The number of hydrogen-bond donors (Lipinski definition) is 1. The molecule has 0 aliphatic carbocycles. The molecule has 0 radical (unpaired) electrons. The van der Waals surface area contributed by atoms with Crippen LogP contribution >= 0.6 is 0 Å². The summed E-state index contributed by atoms with van der Waals surface area (Å²) in [6.45, 7) is 5.86. The Morgan fingerprint density at radius 1 is 1.19 bits per heavy atom. The van der Waals surface area contributed by atoms with E-state index in [4.69, 9.17) is 5.11 Å². The number of carboxylic acid groups (broad SMARTS) is 1. The molecule has 0 spiro atoms. The van der Waals surface area contributed by atoms with Crippen LogP contribution in [-0.2, 0) is 4.79 Å². The van der Waals surface area contributed by atoms with Crippen molar-refractivity contribution in [1.29, 1.82) is 0 Å².